The van der Waals surface area contributed by atoms with Gasteiger partial charge in [0.25, 0.3) is 0 Å². The Bertz CT molecular complexity index is 1560. The number of nitrogens with zero attached hydrogens (tertiary/aromatic N) is 4. The Hall–Kier alpha value is -3.52. The minimum Gasteiger partial charge on any atom is -0.479 e. The Balaban J connectivity index is 1.28. The molecule has 4 aromatic rings. The van der Waals surface area contributed by atoms with E-state index in [1.165, 1.54) is 18.4 Å². The van der Waals surface area contributed by atoms with E-state index in [-0.39, 0.29) is 24.2 Å². The SMILES string of the molecule is COC(=O)COc1c(-c2nn[nH]n2)sc(-c2cccc(NC3CCN(S(=O)(=O)Cc4ccccc4)CC3)c2)c1Cl. The van der Waals surface area contributed by atoms with Crippen molar-refractivity contribution in [3.63, 3.8) is 0 Å². The maximum absolute atomic E-state index is 12.9. The zero-order valence-corrected chi connectivity index (χ0v) is 23.9. The molecule has 1 aliphatic heterocycles. The summed E-state index contributed by atoms with van der Waals surface area (Å²) in [5, 5.41) is 18.0. The number of benzene rings is 2. The Morgan fingerprint density at radius 2 is 1.93 bits per heavy atom. The number of anilines is 1. The summed E-state index contributed by atoms with van der Waals surface area (Å²) >= 11 is 8.05. The molecule has 2 N–H and O–H groups in total. The Morgan fingerprint density at radius 3 is 2.62 bits per heavy atom. The molecule has 5 rings (SSSR count). The molecule has 2 aromatic carbocycles. The lowest BCUT2D eigenvalue weighted by atomic mass is 10.1. The highest BCUT2D eigenvalue weighted by Gasteiger charge is 2.28. The van der Waals surface area contributed by atoms with Crippen molar-refractivity contribution in [1.29, 1.82) is 0 Å². The fraction of sp³-hybridized carbons (Fsp3) is 0.308. The molecule has 3 heterocycles. The van der Waals surface area contributed by atoms with Crippen LogP contribution in [0.2, 0.25) is 5.02 Å². The summed E-state index contributed by atoms with van der Waals surface area (Å²) in [6.07, 6.45) is 1.37. The van der Waals surface area contributed by atoms with E-state index >= 15 is 0 Å². The van der Waals surface area contributed by atoms with Crippen LogP contribution >= 0.6 is 22.9 Å². The third-order valence-corrected chi connectivity index (χ3v) is 9.99. The topological polar surface area (TPSA) is 139 Å². The number of aromatic nitrogens is 4. The van der Waals surface area contributed by atoms with Gasteiger partial charge in [-0.2, -0.15) is 5.21 Å². The number of hydrogen-bond donors (Lipinski definition) is 2. The number of H-pyrrole nitrogens is 1. The number of carbonyl (C=O) groups is 1. The Labute approximate surface area is 240 Å². The third kappa shape index (κ3) is 6.44. The lowest BCUT2D eigenvalue weighted by Crippen LogP contribution is -2.42. The molecule has 11 nitrogen and oxygen atoms in total. The summed E-state index contributed by atoms with van der Waals surface area (Å²) in [7, 11) is -2.10. The number of halogens is 1. The zero-order valence-electron chi connectivity index (χ0n) is 21.5. The Morgan fingerprint density at radius 1 is 1.15 bits per heavy atom. The average Bonchev–Trinajstić information content (AvgIpc) is 3.60. The third-order valence-electron chi connectivity index (χ3n) is 6.45. The van der Waals surface area contributed by atoms with Crippen LogP contribution in [0, 0.1) is 0 Å². The van der Waals surface area contributed by atoms with Crippen molar-refractivity contribution < 1.29 is 22.7 Å². The minimum atomic E-state index is -3.38. The summed E-state index contributed by atoms with van der Waals surface area (Å²) in [6, 6.07) is 17.1. The molecule has 0 aliphatic carbocycles. The molecular weight excluding hydrogens is 576 g/mol. The second-order valence-corrected chi connectivity index (χ2v) is 12.5. The van der Waals surface area contributed by atoms with Gasteiger partial charge in [-0.3, -0.25) is 0 Å². The number of tetrazole rings is 1. The van der Waals surface area contributed by atoms with Gasteiger partial charge in [0.05, 0.1) is 17.7 Å². The van der Waals surface area contributed by atoms with Gasteiger partial charge in [0.2, 0.25) is 15.8 Å². The van der Waals surface area contributed by atoms with Crippen LogP contribution < -0.4 is 10.1 Å². The molecule has 1 aliphatic rings. The van der Waals surface area contributed by atoms with Gasteiger partial charge in [-0.15, -0.1) is 21.5 Å². The first-order valence-electron chi connectivity index (χ1n) is 12.5. The highest BCUT2D eigenvalue weighted by atomic mass is 35.5. The number of sulfonamides is 1. The maximum Gasteiger partial charge on any atom is 0.343 e. The largest absolute Gasteiger partial charge is 0.479 e. The number of piperidine rings is 1. The normalized spacial score (nSPS) is 14.7. The van der Waals surface area contributed by atoms with Crippen molar-refractivity contribution in [3.8, 4) is 26.9 Å². The van der Waals surface area contributed by atoms with E-state index in [1.807, 2.05) is 54.6 Å². The summed E-state index contributed by atoms with van der Waals surface area (Å²) in [5.74, 6) is 0.0254. The molecular formula is C26H27ClN6O5S2. The predicted octanol–water partition coefficient (Wildman–Crippen LogP) is 4.21. The smallest absolute Gasteiger partial charge is 0.343 e. The van der Waals surface area contributed by atoms with Gasteiger partial charge < -0.3 is 14.8 Å². The lowest BCUT2D eigenvalue weighted by molar-refractivity contribution is -0.142. The first-order valence-corrected chi connectivity index (χ1v) is 15.3. The monoisotopic (exact) mass is 602 g/mol. The molecule has 0 amide bonds. The molecule has 0 unspecified atom stereocenters. The first-order chi connectivity index (χ1) is 19.3. The predicted molar refractivity (Wildman–Crippen MR) is 153 cm³/mol. The van der Waals surface area contributed by atoms with E-state index in [0.29, 0.717) is 46.5 Å². The first kappa shape index (κ1) is 28.0. The van der Waals surface area contributed by atoms with Crippen molar-refractivity contribution in [2.24, 2.45) is 0 Å². The van der Waals surface area contributed by atoms with Crippen molar-refractivity contribution >= 4 is 44.6 Å². The van der Waals surface area contributed by atoms with Crippen molar-refractivity contribution in [1.82, 2.24) is 24.9 Å². The molecule has 40 heavy (non-hydrogen) atoms. The summed E-state index contributed by atoms with van der Waals surface area (Å²) in [6.45, 7) is 0.592. The highest BCUT2D eigenvalue weighted by Crippen LogP contribution is 2.49. The number of hydrogen-bond acceptors (Lipinski definition) is 10. The van der Waals surface area contributed by atoms with Crippen LogP contribution in [0.5, 0.6) is 5.75 Å². The van der Waals surface area contributed by atoms with Crippen molar-refractivity contribution in [3.05, 3.63) is 65.2 Å². The number of thiophene rings is 1. The minimum absolute atomic E-state index is 0.00668. The zero-order chi connectivity index (χ0) is 28.1. The van der Waals surface area contributed by atoms with Crippen LogP contribution in [-0.2, 0) is 25.3 Å². The maximum atomic E-state index is 12.9. The van der Waals surface area contributed by atoms with Crippen molar-refractivity contribution in [2.75, 3.05) is 32.1 Å². The number of aromatic amines is 1. The molecule has 0 radical (unpaired) electrons. The van der Waals surface area contributed by atoms with Gasteiger partial charge in [-0.1, -0.05) is 54.1 Å². The number of nitrogens with one attached hydrogen (secondary N) is 2. The van der Waals surface area contributed by atoms with Gasteiger partial charge in [0, 0.05) is 24.8 Å². The average molecular weight is 603 g/mol. The van der Waals surface area contributed by atoms with Crippen LogP contribution in [-0.4, -0.2) is 72.2 Å². The molecule has 0 spiro atoms. The molecule has 0 atom stereocenters. The molecule has 0 bridgehead atoms. The number of carbonyl (C=O) groups excluding carboxylic acids is 1. The van der Waals surface area contributed by atoms with Gasteiger partial charge in [-0.25, -0.2) is 17.5 Å². The van der Waals surface area contributed by atoms with Gasteiger partial charge in [0.15, 0.2) is 12.4 Å². The number of rotatable bonds is 10. The number of methoxy groups -OCH3 is 1. The summed E-state index contributed by atoms with van der Waals surface area (Å²) < 4.78 is 37.8. The standard InChI is InChI=1S/C26H27ClN6O5S2/c1-37-21(34)15-38-23-22(27)24(39-25(23)26-29-31-32-30-26)18-8-5-9-20(14-18)28-19-10-12-33(13-11-19)40(35,36)16-17-6-3-2-4-7-17/h2-9,14,19,28H,10-13,15-16H2,1H3,(H,29,30,31,32). The van der Waals surface area contributed by atoms with E-state index in [0.717, 1.165) is 16.8 Å². The van der Waals surface area contributed by atoms with E-state index in [4.69, 9.17) is 16.3 Å². The Kier molecular flexibility index (Phi) is 8.64. The number of esters is 1. The van der Waals surface area contributed by atoms with Crippen LogP contribution in [0.3, 0.4) is 0 Å². The van der Waals surface area contributed by atoms with Crippen LogP contribution in [0.25, 0.3) is 21.1 Å². The molecule has 210 valence electrons. The van der Waals surface area contributed by atoms with Crippen LogP contribution in [0.1, 0.15) is 18.4 Å². The van der Waals surface area contributed by atoms with Crippen molar-refractivity contribution in [2.45, 2.75) is 24.6 Å². The van der Waals surface area contributed by atoms with E-state index in [1.54, 1.807) is 4.31 Å². The van der Waals surface area contributed by atoms with Crippen LogP contribution in [0.15, 0.2) is 54.6 Å². The fourth-order valence-electron chi connectivity index (χ4n) is 4.45. The molecule has 14 heteroatoms. The second-order valence-electron chi connectivity index (χ2n) is 9.14. The summed E-state index contributed by atoms with van der Waals surface area (Å²) in [4.78, 5) is 12.9. The lowest BCUT2D eigenvalue weighted by Gasteiger charge is -2.32. The molecule has 2 aromatic heterocycles. The number of ether oxygens (including phenoxy) is 2. The molecule has 0 saturated carbocycles. The van der Waals surface area contributed by atoms with Gasteiger partial charge in [-0.05, 0) is 41.3 Å². The van der Waals surface area contributed by atoms with E-state index < -0.39 is 16.0 Å². The summed E-state index contributed by atoms with van der Waals surface area (Å²) in [5.41, 5.74) is 2.50. The second kappa shape index (κ2) is 12.3. The van der Waals surface area contributed by atoms with Gasteiger partial charge >= 0.3 is 5.97 Å². The molecule has 1 fully saturated rings. The quantitative estimate of drug-likeness (QED) is 0.255. The fourth-order valence-corrected chi connectivity index (χ4v) is 7.50. The molecule has 1 saturated heterocycles. The van der Waals surface area contributed by atoms with Gasteiger partial charge in [0.1, 0.15) is 9.90 Å². The van der Waals surface area contributed by atoms with E-state index in [9.17, 15) is 13.2 Å². The highest BCUT2D eigenvalue weighted by molar-refractivity contribution is 7.88. The van der Waals surface area contributed by atoms with Crippen LogP contribution in [0.4, 0.5) is 5.69 Å². The van der Waals surface area contributed by atoms with E-state index in [2.05, 4.69) is 30.7 Å².